The van der Waals surface area contributed by atoms with E-state index in [1.54, 1.807) is 32.1 Å². The summed E-state index contributed by atoms with van der Waals surface area (Å²) < 4.78 is 31.4. The smallest absolute Gasteiger partial charge is 0.203 e. The molecule has 0 unspecified atom stereocenters. The number of benzene rings is 2. The van der Waals surface area contributed by atoms with Gasteiger partial charge in [0.2, 0.25) is 5.75 Å². The fraction of sp³-hybridized carbons (Fsp3) is 0.217. The van der Waals surface area contributed by atoms with Crippen LogP contribution in [0.5, 0.6) is 17.2 Å². The number of nitrogens with one attached hydrogen (secondary N) is 1. The van der Waals surface area contributed by atoms with Crippen LogP contribution in [0.2, 0.25) is 0 Å². The van der Waals surface area contributed by atoms with Crippen LogP contribution in [0.3, 0.4) is 0 Å². The van der Waals surface area contributed by atoms with Gasteiger partial charge in [0, 0.05) is 12.7 Å². The summed E-state index contributed by atoms with van der Waals surface area (Å²) in [5, 5.41) is 8.71. The van der Waals surface area contributed by atoms with Crippen molar-refractivity contribution in [1.29, 1.82) is 0 Å². The third kappa shape index (κ3) is 4.38. The number of nitrogens with zero attached hydrogens (tertiary/aromatic N) is 3. The Hall–Kier alpha value is -3.59. The first kappa shape index (κ1) is 21.6. The standard InChI is InChI=1S/C23H23FN4O3S/c1-14-22(18-8-9-28(27-18)17-7-5-6-16(24)12-17)32-23(26-14)25-13-15-10-19(29-2)21(31-4)20(11-15)30-3/h5-12H,13H2,1-4H3,(H,25,26). The van der Waals surface area contributed by atoms with Crippen molar-refractivity contribution in [3.63, 3.8) is 0 Å². The second-order valence-corrected chi connectivity index (χ2v) is 7.95. The van der Waals surface area contributed by atoms with Crippen LogP contribution < -0.4 is 19.5 Å². The zero-order chi connectivity index (χ0) is 22.7. The SMILES string of the molecule is COc1cc(CNc2nc(C)c(-c3ccn(-c4cccc(F)c4)n3)s2)cc(OC)c1OC. The molecule has 4 aromatic rings. The molecule has 32 heavy (non-hydrogen) atoms. The molecule has 0 atom stereocenters. The maximum absolute atomic E-state index is 13.5. The molecule has 0 fully saturated rings. The molecule has 0 aliphatic heterocycles. The fourth-order valence-corrected chi connectivity index (χ4v) is 4.26. The number of thiazole rings is 1. The van der Waals surface area contributed by atoms with Crippen molar-refractivity contribution in [2.24, 2.45) is 0 Å². The predicted molar refractivity (Wildman–Crippen MR) is 123 cm³/mol. The van der Waals surface area contributed by atoms with E-state index in [-0.39, 0.29) is 5.82 Å². The van der Waals surface area contributed by atoms with Crippen molar-refractivity contribution in [2.45, 2.75) is 13.5 Å². The summed E-state index contributed by atoms with van der Waals surface area (Å²) in [5.41, 5.74) is 3.28. The minimum atomic E-state index is -0.299. The van der Waals surface area contributed by atoms with Crippen LogP contribution in [0.4, 0.5) is 9.52 Å². The summed E-state index contributed by atoms with van der Waals surface area (Å²) in [7, 11) is 4.76. The molecule has 9 heteroatoms. The molecule has 0 amide bonds. The van der Waals surface area contributed by atoms with E-state index in [0.717, 1.165) is 27.0 Å². The molecule has 0 aliphatic rings. The first-order chi connectivity index (χ1) is 15.5. The van der Waals surface area contributed by atoms with Gasteiger partial charge in [-0.3, -0.25) is 0 Å². The van der Waals surface area contributed by atoms with Crippen molar-refractivity contribution in [2.75, 3.05) is 26.6 Å². The van der Waals surface area contributed by atoms with Crippen LogP contribution in [0.25, 0.3) is 16.3 Å². The summed E-state index contributed by atoms with van der Waals surface area (Å²) in [5.74, 6) is 1.46. The molecule has 0 saturated heterocycles. The van der Waals surface area contributed by atoms with Crippen LogP contribution in [0.15, 0.2) is 48.7 Å². The number of methoxy groups -OCH3 is 3. The highest BCUT2D eigenvalue weighted by Gasteiger charge is 2.15. The van der Waals surface area contributed by atoms with Gasteiger partial charge in [0.05, 0.1) is 37.6 Å². The molecule has 2 aromatic carbocycles. The molecule has 2 heterocycles. The molecule has 7 nitrogen and oxygen atoms in total. The average molecular weight is 455 g/mol. The maximum atomic E-state index is 13.5. The van der Waals surface area contributed by atoms with Crippen LogP contribution in [0, 0.1) is 12.7 Å². The van der Waals surface area contributed by atoms with Gasteiger partial charge in [-0.05, 0) is 48.9 Å². The van der Waals surface area contributed by atoms with Gasteiger partial charge in [-0.25, -0.2) is 14.1 Å². The molecule has 0 saturated carbocycles. The minimum Gasteiger partial charge on any atom is -0.493 e. The monoisotopic (exact) mass is 454 g/mol. The summed E-state index contributed by atoms with van der Waals surface area (Å²) in [6, 6.07) is 12.0. The molecular weight excluding hydrogens is 431 g/mol. The quantitative estimate of drug-likeness (QED) is 0.400. The van der Waals surface area contributed by atoms with Crippen molar-refractivity contribution in [3.8, 4) is 33.5 Å². The summed E-state index contributed by atoms with van der Waals surface area (Å²) in [6.45, 7) is 2.47. The molecular formula is C23H23FN4O3S. The Morgan fingerprint density at radius 3 is 2.44 bits per heavy atom. The first-order valence-electron chi connectivity index (χ1n) is 9.84. The summed E-state index contributed by atoms with van der Waals surface area (Å²) >= 11 is 1.51. The van der Waals surface area contributed by atoms with Gasteiger partial charge in [0.15, 0.2) is 16.6 Å². The molecule has 4 rings (SSSR count). The van der Waals surface area contributed by atoms with E-state index in [1.165, 1.54) is 23.5 Å². The Morgan fingerprint density at radius 2 is 1.78 bits per heavy atom. The Bertz CT molecular complexity index is 1210. The zero-order valence-corrected chi connectivity index (χ0v) is 19.0. The van der Waals surface area contributed by atoms with Crippen LogP contribution in [-0.4, -0.2) is 36.1 Å². The molecule has 166 valence electrons. The Labute approximate surface area is 189 Å². The second-order valence-electron chi connectivity index (χ2n) is 6.95. The summed E-state index contributed by atoms with van der Waals surface area (Å²) in [6.07, 6.45) is 1.81. The lowest BCUT2D eigenvalue weighted by Gasteiger charge is -2.14. The van der Waals surface area contributed by atoms with Gasteiger partial charge < -0.3 is 19.5 Å². The van der Waals surface area contributed by atoms with E-state index in [1.807, 2.05) is 37.4 Å². The van der Waals surface area contributed by atoms with Gasteiger partial charge in [-0.1, -0.05) is 17.4 Å². The molecule has 0 bridgehead atoms. The third-order valence-electron chi connectivity index (χ3n) is 4.86. The molecule has 2 aromatic heterocycles. The van der Waals surface area contributed by atoms with Crippen molar-refractivity contribution in [3.05, 3.63) is 65.7 Å². The van der Waals surface area contributed by atoms with E-state index in [2.05, 4.69) is 15.4 Å². The lowest BCUT2D eigenvalue weighted by Crippen LogP contribution is -2.02. The van der Waals surface area contributed by atoms with Gasteiger partial charge in [0.25, 0.3) is 0 Å². The van der Waals surface area contributed by atoms with Crippen molar-refractivity contribution < 1.29 is 18.6 Å². The number of aryl methyl sites for hydroxylation is 1. The van der Waals surface area contributed by atoms with Crippen LogP contribution in [0.1, 0.15) is 11.3 Å². The lowest BCUT2D eigenvalue weighted by molar-refractivity contribution is 0.324. The molecule has 0 radical (unpaired) electrons. The Balaban J connectivity index is 1.53. The van der Waals surface area contributed by atoms with Crippen molar-refractivity contribution >= 4 is 16.5 Å². The molecule has 0 spiro atoms. The van der Waals surface area contributed by atoms with E-state index in [4.69, 9.17) is 14.2 Å². The number of ether oxygens (including phenoxy) is 3. The number of aromatic nitrogens is 3. The predicted octanol–water partition coefficient (Wildman–Crippen LogP) is 5.08. The Morgan fingerprint density at radius 1 is 1.03 bits per heavy atom. The van der Waals surface area contributed by atoms with E-state index in [9.17, 15) is 4.39 Å². The molecule has 0 aliphatic carbocycles. The first-order valence-corrected chi connectivity index (χ1v) is 10.7. The minimum absolute atomic E-state index is 0.299. The number of rotatable bonds is 8. The highest BCUT2D eigenvalue weighted by Crippen LogP contribution is 2.38. The molecule has 1 N–H and O–H groups in total. The number of hydrogen-bond acceptors (Lipinski definition) is 7. The number of halogens is 1. The average Bonchev–Trinajstić information content (AvgIpc) is 3.43. The largest absolute Gasteiger partial charge is 0.493 e. The third-order valence-corrected chi connectivity index (χ3v) is 6.00. The number of anilines is 1. The summed E-state index contributed by atoms with van der Waals surface area (Å²) in [4.78, 5) is 5.58. The van der Waals surface area contributed by atoms with Crippen molar-refractivity contribution in [1.82, 2.24) is 14.8 Å². The van der Waals surface area contributed by atoms with Gasteiger partial charge in [0.1, 0.15) is 11.5 Å². The lowest BCUT2D eigenvalue weighted by atomic mass is 10.2. The normalized spacial score (nSPS) is 10.8. The van der Waals surface area contributed by atoms with E-state index >= 15 is 0 Å². The van der Waals surface area contributed by atoms with E-state index < -0.39 is 0 Å². The second kappa shape index (κ2) is 9.27. The van der Waals surface area contributed by atoms with E-state index in [0.29, 0.717) is 29.5 Å². The highest BCUT2D eigenvalue weighted by atomic mass is 32.1. The van der Waals surface area contributed by atoms with Crippen LogP contribution in [-0.2, 0) is 6.54 Å². The number of hydrogen-bond donors (Lipinski definition) is 1. The Kier molecular flexibility index (Phi) is 6.27. The zero-order valence-electron chi connectivity index (χ0n) is 18.2. The van der Waals surface area contributed by atoms with Crippen LogP contribution >= 0.6 is 11.3 Å². The van der Waals surface area contributed by atoms with Gasteiger partial charge in [-0.2, -0.15) is 5.10 Å². The maximum Gasteiger partial charge on any atom is 0.203 e. The van der Waals surface area contributed by atoms with Gasteiger partial charge >= 0.3 is 0 Å². The fourth-order valence-electron chi connectivity index (χ4n) is 3.33. The topological polar surface area (TPSA) is 70.4 Å². The van der Waals surface area contributed by atoms with Gasteiger partial charge in [-0.15, -0.1) is 0 Å². The highest BCUT2D eigenvalue weighted by molar-refractivity contribution is 7.19.